The summed E-state index contributed by atoms with van der Waals surface area (Å²) in [7, 11) is -3.48. The molecule has 0 saturated heterocycles. The van der Waals surface area contributed by atoms with Crippen molar-refractivity contribution in [3.63, 3.8) is 0 Å². The normalized spacial score (nSPS) is 13.6. The van der Waals surface area contributed by atoms with E-state index in [1.54, 1.807) is 16.4 Å². The van der Waals surface area contributed by atoms with Crippen molar-refractivity contribution in [3.05, 3.63) is 23.8 Å². The smallest absolute Gasteiger partial charge is 0.243 e. The van der Waals surface area contributed by atoms with Gasteiger partial charge in [0, 0.05) is 18.3 Å². The third kappa shape index (κ3) is 4.20. The number of nitrogens with zero attached hydrogens (tertiary/aromatic N) is 1. The van der Waals surface area contributed by atoms with Crippen LogP contribution in [0, 0.1) is 0 Å². The second-order valence-electron chi connectivity index (χ2n) is 5.44. The summed E-state index contributed by atoms with van der Waals surface area (Å²) in [4.78, 5) is 0.300. The lowest BCUT2D eigenvalue weighted by Crippen LogP contribution is -2.39. The average Bonchev–Trinajstić information content (AvgIpc) is 2.46. The number of aryl methyl sites for hydroxylation is 1. The number of unbranched alkanes of at least 4 members (excludes halogenated alkanes) is 1. The fourth-order valence-corrected chi connectivity index (χ4v) is 4.06. The molecular weight excluding hydrogens is 284 g/mol. The van der Waals surface area contributed by atoms with Crippen LogP contribution in [0.15, 0.2) is 23.1 Å². The Morgan fingerprint density at radius 1 is 1.24 bits per heavy atom. The van der Waals surface area contributed by atoms with E-state index >= 15 is 0 Å². The van der Waals surface area contributed by atoms with Crippen molar-refractivity contribution in [2.24, 2.45) is 0 Å². The molecule has 1 rings (SSSR count). The molecule has 4 nitrogen and oxygen atoms in total. The third-order valence-corrected chi connectivity index (χ3v) is 5.93. The molecule has 5 heteroatoms. The Balaban J connectivity index is 3.18. The maximum absolute atomic E-state index is 12.9. The number of anilines is 1. The number of sulfonamides is 1. The summed E-state index contributed by atoms with van der Waals surface area (Å²) in [5.74, 6) is 0. The van der Waals surface area contributed by atoms with Crippen LogP contribution in [0.4, 0.5) is 5.69 Å². The summed E-state index contributed by atoms with van der Waals surface area (Å²) in [5.41, 5.74) is 7.49. The summed E-state index contributed by atoms with van der Waals surface area (Å²) >= 11 is 0. The van der Waals surface area contributed by atoms with Gasteiger partial charge in [-0.2, -0.15) is 4.31 Å². The summed E-state index contributed by atoms with van der Waals surface area (Å²) in [6.45, 7) is 8.59. The Morgan fingerprint density at radius 3 is 2.38 bits per heavy atom. The van der Waals surface area contributed by atoms with Gasteiger partial charge in [0.05, 0.1) is 4.90 Å². The summed E-state index contributed by atoms with van der Waals surface area (Å²) in [6.07, 6.45) is 3.44. The molecule has 2 N–H and O–H groups in total. The molecule has 120 valence electrons. The predicted molar refractivity (Wildman–Crippen MR) is 88.8 cm³/mol. The standard InChI is InChI=1S/C16H28N2O2S/c1-5-8-11-18(13(4)6-2)21(19,20)15-10-9-14(7-3)16(17)12-15/h9-10,12-13H,5-8,11,17H2,1-4H3. The Kier molecular flexibility index (Phi) is 6.68. The van der Waals surface area contributed by atoms with E-state index in [2.05, 4.69) is 6.92 Å². The first-order chi connectivity index (χ1) is 9.88. The molecule has 0 aromatic heterocycles. The van der Waals surface area contributed by atoms with Crippen LogP contribution in [0.25, 0.3) is 0 Å². The van der Waals surface area contributed by atoms with Gasteiger partial charge < -0.3 is 5.73 Å². The molecule has 0 radical (unpaired) electrons. The zero-order valence-electron chi connectivity index (χ0n) is 13.6. The zero-order valence-corrected chi connectivity index (χ0v) is 14.4. The van der Waals surface area contributed by atoms with Crippen LogP contribution in [0.5, 0.6) is 0 Å². The second kappa shape index (κ2) is 7.80. The van der Waals surface area contributed by atoms with Crippen molar-refractivity contribution in [2.75, 3.05) is 12.3 Å². The molecule has 0 heterocycles. The average molecular weight is 312 g/mol. The van der Waals surface area contributed by atoms with E-state index in [-0.39, 0.29) is 6.04 Å². The van der Waals surface area contributed by atoms with E-state index in [0.29, 0.717) is 17.1 Å². The SMILES string of the molecule is CCCCN(C(C)CC)S(=O)(=O)c1ccc(CC)c(N)c1. The monoisotopic (exact) mass is 312 g/mol. The van der Waals surface area contributed by atoms with Gasteiger partial charge in [0.25, 0.3) is 0 Å². The molecule has 0 amide bonds. The maximum atomic E-state index is 12.9. The van der Waals surface area contributed by atoms with Gasteiger partial charge in [-0.05, 0) is 43.9 Å². The number of hydrogen-bond acceptors (Lipinski definition) is 3. The quantitative estimate of drug-likeness (QED) is 0.748. The van der Waals surface area contributed by atoms with Crippen LogP contribution < -0.4 is 5.73 Å². The highest BCUT2D eigenvalue weighted by atomic mass is 32.2. The number of nitrogen functional groups attached to an aromatic ring is 1. The van der Waals surface area contributed by atoms with E-state index in [4.69, 9.17) is 5.73 Å². The highest BCUT2D eigenvalue weighted by molar-refractivity contribution is 7.89. The Hall–Kier alpha value is -1.07. The summed E-state index contributed by atoms with van der Waals surface area (Å²) in [6, 6.07) is 5.08. The second-order valence-corrected chi connectivity index (χ2v) is 7.33. The molecule has 0 aliphatic heterocycles. The van der Waals surface area contributed by atoms with Crippen LogP contribution in [-0.4, -0.2) is 25.3 Å². The lowest BCUT2D eigenvalue weighted by molar-refractivity contribution is 0.324. The minimum Gasteiger partial charge on any atom is -0.398 e. The van der Waals surface area contributed by atoms with Gasteiger partial charge in [-0.3, -0.25) is 0 Å². The Morgan fingerprint density at radius 2 is 1.90 bits per heavy atom. The first-order valence-electron chi connectivity index (χ1n) is 7.78. The summed E-state index contributed by atoms with van der Waals surface area (Å²) < 4.78 is 27.3. The summed E-state index contributed by atoms with van der Waals surface area (Å²) in [5, 5.41) is 0. The molecule has 21 heavy (non-hydrogen) atoms. The Bertz CT molecular complexity index is 555. The van der Waals surface area contributed by atoms with Crippen molar-refractivity contribution in [1.29, 1.82) is 0 Å². The molecule has 1 aromatic rings. The van der Waals surface area contributed by atoms with E-state index in [1.807, 2.05) is 26.8 Å². The van der Waals surface area contributed by atoms with Crippen LogP contribution >= 0.6 is 0 Å². The minimum atomic E-state index is -3.48. The largest absolute Gasteiger partial charge is 0.398 e. The zero-order chi connectivity index (χ0) is 16.0. The van der Waals surface area contributed by atoms with E-state index in [1.165, 1.54) is 0 Å². The molecule has 0 aliphatic carbocycles. The molecule has 1 atom stereocenters. The topological polar surface area (TPSA) is 63.4 Å². The van der Waals surface area contributed by atoms with Gasteiger partial charge in [-0.15, -0.1) is 0 Å². The molecule has 0 bridgehead atoms. The van der Waals surface area contributed by atoms with E-state index in [9.17, 15) is 8.42 Å². The fourth-order valence-electron chi connectivity index (χ4n) is 2.29. The molecule has 0 aliphatic rings. The van der Waals surface area contributed by atoms with Crippen molar-refractivity contribution in [3.8, 4) is 0 Å². The van der Waals surface area contributed by atoms with Gasteiger partial charge in [-0.25, -0.2) is 8.42 Å². The minimum absolute atomic E-state index is 0.00590. The van der Waals surface area contributed by atoms with Crippen LogP contribution in [0.2, 0.25) is 0 Å². The van der Waals surface area contributed by atoms with Crippen molar-refractivity contribution in [1.82, 2.24) is 4.31 Å². The van der Waals surface area contributed by atoms with E-state index < -0.39 is 10.0 Å². The fraction of sp³-hybridized carbons (Fsp3) is 0.625. The lowest BCUT2D eigenvalue weighted by atomic mass is 10.1. The van der Waals surface area contributed by atoms with Gasteiger partial charge >= 0.3 is 0 Å². The van der Waals surface area contributed by atoms with Crippen molar-refractivity contribution >= 4 is 15.7 Å². The van der Waals surface area contributed by atoms with Gasteiger partial charge in [-0.1, -0.05) is 33.3 Å². The van der Waals surface area contributed by atoms with Gasteiger partial charge in [0.15, 0.2) is 0 Å². The maximum Gasteiger partial charge on any atom is 0.243 e. The predicted octanol–water partition coefficient (Wildman–Crippen LogP) is 3.42. The molecule has 1 unspecified atom stereocenters. The van der Waals surface area contributed by atoms with Crippen molar-refractivity contribution in [2.45, 2.75) is 64.3 Å². The molecule has 0 fully saturated rings. The Labute approximate surface area is 129 Å². The number of benzene rings is 1. The van der Waals surface area contributed by atoms with Gasteiger partial charge in [0.2, 0.25) is 10.0 Å². The molecule has 1 aromatic carbocycles. The first kappa shape index (κ1) is 18.0. The highest BCUT2D eigenvalue weighted by Gasteiger charge is 2.28. The van der Waals surface area contributed by atoms with Gasteiger partial charge in [0.1, 0.15) is 0 Å². The highest BCUT2D eigenvalue weighted by Crippen LogP contribution is 2.24. The lowest BCUT2D eigenvalue weighted by Gasteiger charge is -2.28. The number of rotatable bonds is 8. The van der Waals surface area contributed by atoms with Crippen molar-refractivity contribution < 1.29 is 8.42 Å². The molecule has 0 spiro atoms. The number of hydrogen-bond donors (Lipinski definition) is 1. The van der Waals surface area contributed by atoms with E-state index in [0.717, 1.165) is 31.2 Å². The molecule has 0 saturated carbocycles. The van der Waals surface area contributed by atoms with Crippen LogP contribution in [0.3, 0.4) is 0 Å². The third-order valence-electron chi connectivity index (χ3n) is 3.92. The number of nitrogens with two attached hydrogens (primary N) is 1. The first-order valence-corrected chi connectivity index (χ1v) is 9.22. The van der Waals surface area contributed by atoms with Crippen LogP contribution in [0.1, 0.15) is 52.5 Å². The van der Waals surface area contributed by atoms with Crippen LogP contribution in [-0.2, 0) is 16.4 Å². The molecular formula is C16H28N2O2S.